The smallest absolute Gasteiger partial charge is 0.160 e. The molecule has 0 aliphatic heterocycles. The highest BCUT2D eigenvalue weighted by Crippen LogP contribution is 2.27. The van der Waals surface area contributed by atoms with Crippen molar-refractivity contribution in [2.75, 3.05) is 20.8 Å². The third-order valence-electron chi connectivity index (χ3n) is 3.13. The number of hydrogen-bond donors (Lipinski definition) is 1. The lowest BCUT2D eigenvalue weighted by Crippen LogP contribution is -2.17. The first-order valence-electron chi connectivity index (χ1n) is 6.75. The second-order valence-electron chi connectivity index (χ2n) is 4.58. The zero-order chi connectivity index (χ0) is 15.1. The first-order chi connectivity index (χ1) is 10.2. The summed E-state index contributed by atoms with van der Waals surface area (Å²) in [5.74, 6) is 1.53. The maximum atomic E-state index is 5.30. The molecule has 0 spiro atoms. The second-order valence-corrected chi connectivity index (χ2v) is 5.50. The van der Waals surface area contributed by atoms with E-state index >= 15 is 0 Å². The van der Waals surface area contributed by atoms with Gasteiger partial charge in [0.05, 0.1) is 19.9 Å². The number of halogens is 1. The first kappa shape index (κ1) is 15.8. The minimum absolute atomic E-state index is 0.758. The lowest BCUT2D eigenvalue weighted by molar-refractivity contribution is 0.354. The van der Waals surface area contributed by atoms with E-state index in [1.54, 1.807) is 14.2 Å². The summed E-state index contributed by atoms with van der Waals surface area (Å²) >= 11 is 3.38. The molecule has 5 heteroatoms. The van der Waals surface area contributed by atoms with Gasteiger partial charge in [-0.3, -0.25) is 4.98 Å². The third kappa shape index (κ3) is 4.72. The van der Waals surface area contributed by atoms with Gasteiger partial charge in [0.1, 0.15) is 0 Å². The molecule has 1 aromatic carbocycles. The third-order valence-corrected chi connectivity index (χ3v) is 3.60. The normalized spacial score (nSPS) is 10.4. The molecule has 1 aromatic heterocycles. The SMILES string of the molecule is COc1ccc(CCNCc2ccc(Br)cn2)cc1OC. The summed E-state index contributed by atoms with van der Waals surface area (Å²) in [6.45, 7) is 1.65. The van der Waals surface area contributed by atoms with Gasteiger partial charge in [-0.25, -0.2) is 0 Å². The van der Waals surface area contributed by atoms with Crippen molar-refractivity contribution in [3.63, 3.8) is 0 Å². The fraction of sp³-hybridized carbons (Fsp3) is 0.312. The number of rotatable bonds is 7. The lowest BCUT2D eigenvalue weighted by atomic mass is 10.1. The Kier molecular flexibility index (Phi) is 6.02. The molecular weight excluding hydrogens is 332 g/mol. The predicted octanol–water partition coefficient (Wildman–Crippen LogP) is 3.19. The van der Waals surface area contributed by atoms with E-state index in [9.17, 15) is 0 Å². The van der Waals surface area contributed by atoms with Crippen LogP contribution in [0.1, 0.15) is 11.3 Å². The topological polar surface area (TPSA) is 43.4 Å². The second kappa shape index (κ2) is 8.00. The molecule has 0 bridgehead atoms. The summed E-state index contributed by atoms with van der Waals surface area (Å²) in [6.07, 6.45) is 2.74. The Balaban J connectivity index is 1.82. The zero-order valence-electron chi connectivity index (χ0n) is 12.2. The first-order valence-corrected chi connectivity index (χ1v) is 7.54. The van der Waals surface area contributed by atoms with Gasteiger partial charge in [-0.15, -0.1) is 0 Å². The number of methoxy groups -OCH3 is 2. The molecule has 0 fully saturated rings. The van der Waals surface area contributed by atoms with Crippen LogP contribution in [0, 0.1) is 0 Å². The van der Waals surface area contributed by atoms with Crippen LogP contribution in [0.4, 0.5) is 0 Å². The Hall–Kier alpha value is -1.59. The fourth-order valence-corrected chi connectivity index (χ4v) is 2.23. The van der Waals surface area contributed by atoms with Crippen LogP contribution >= 0.6 is 15.9 Å². The van der Waals surface area contributed by atoms with E-state index in [-0.39, 0.29) is 0 Å². The van der Waals surface area contributed by atoms with Crippen molar-refractivity contribution in [1.82, 2.24) is 10.3 Å². The van der Waals surface area contributed by atoms with E-state index in [0.717, 1.165) is 41.2 Å². The maximum Gasteiger partial charge on any atom is 0.160 e. The Labute approximate surface area is 133 Å². The molecule has 0 aliphatic carbocycles. The largest absolute Gasteiger partial charge is 0.493 e. The standard InChI is InChI=1S/C16H19BrN2O2/c1-20-15-6-3-12(9-16(15)21-2)7-8-18-11-14-5-4-13(17)10-19-14/h3-6,9-10,18H,7-8,11H2,1-2H3. The van der Waals surface area contributed by atoms with Gasteiger partial charge >= 0.3 is 0 Å². The molecule has 1 heterocycles. The summed E-state index contributed by atoms with van der Waals surface area (Å²) in [5.41, 5.74) is 2.24. The van der Waals surface area contributed by atoms with Crippen LogP contribution in [0.25, 0.3) is 0 Å². The molecule has 0 radical (unpaired) electrons. The van der Waals surface area contributed by atoms with E-state index < -0.39 is 0 Å². The summed E-state index contributed by atoms with van der Waals surface area (Å²) < 4.78 is 11.5. The highest BCUT2D eigenvalue weighted by Gasteiger charge is 2.04. The van der Waals surface area contributed by atoms with Crippen LogP contribution in [0.3, 0.4) is 0 Å². The Morgan fingerprint density at radius 1 is 1.10 bits per heavy atom. The monoisotopic (exact) mass is 350 g/mol. The Morgan fingerprint density at radius 2 is 1.90 bits per heavy atom. The minimum atomic E-state index is 0.758. The van der Waals surface area contributed by atoms with Crippen molar-refractivity contribution in [1.29, 1.82) is 0 Å². The van der Waals surface area contributed by atoms with Gasteiger partial charge in [0, 0.05) is 17.2 Å². The highest BCUT2D eigenvalue weighted by atomic mass is 79.9. The summed E-state index contributed by atoms with van der Waals surface area (Å²) in [5, 5.41) is 3.39. The number of aromatic nitrogens is 1. The van der Waals surface area contributed by atoms with Crippen LogP contribution < -0.4 is 14.8 Å². The van der Waals surface area contributed by atoms with Gasteiger partial charge in [-0.1, -0.05) is 6.07 Å². The van der Waals surface area contributed by atoms with Crippen molar-refractivity contribution in [3.05, 3.63) is 52.3 Å². The van der Waals surface area contributed by atoms with E-state index in [0.29, 0.717) is 0 Å². The van der Waals surface area contributed by atoms with Crippen molar-refractivity contribution in [2.24, 2.45) is 0 Å². The van der Waals surface area contributed by atoms with Gasteiger partial charge in [-0.05, 0) is 58.7 Å². The minimum Gasteiger partial charge on any atom is -0.493 e. The highest BCUT2D eigenvalue weighted by molar-refractivity contribution is 9.10. The van der Waals surface area contributed by atoms with Gasteiger partial charge in [0.2, 0.25) is 0 Å². The number of nitrogens with one attached hydrogen (secondary N) is 1. The molecule has 0 saturated heterocycles. The molecule has 21 heavy (non-hydrogen) atoms. The molecule has 0 aliphatic rings. The summed E-state index contributed by atoms with van der Waals surface area (Å²) in [6, 6.07) is 10.0. The van der Waals surface area contributed by atoms with E-state index in [4.69, 9.17) is 9.47 Å². The molecule has 4 nitrogen and oxygen atoms in total. The zero-order valence-corrected chi connectivity index (χ0v) is 13.8. The Morgan fingerprint density at radius 3 is 2.57 bits per heavy atom. The molecule has 1 N–H and O–H groups in total. The quantitative estimate of drug-likeness (QED) is 0.778. The van der Waals surface area contributed by atoms with Gasteiger partial charge in [0.15, 0.2) is 11.5 Å². The summed E-state index contributed by atoms with van der Waals surface area (Å²) in [7, 11) is 3.30. The van der Waals surface area contributed by atoms with E-state index in [1.165, 1.54) is 5.56 Å². The average molecular weight is 351 g/mol. The van der Waals surface area contributed by atoms with Crippen molar-refractivity contribution >= 4 is 15.9 Å². The average Bonchev–Trinajstić information content (AvgIpc) is 2.53. The molecule has 2 aromatic rings. The Bertz CT molecular complexity index is 573. The van der Waals surface area contributed by atoms with Crippen molar-refractivity contribution in [2.45, 2.75) is 13.0 Å². The molecule has 0 saturated carbocycles. The number of hydrogen-bond acceptors (Lipinski definition) is 4. The van der Waals surface area contributed by atoms with Crippen molar-refractivity contribution < 1.29 is 9.47 Å². The number of pyridine rings is 1. The van der Waals surface area contributed by atoms with Crippen molar-refractivity contribution in [3.8, 4) is 11.5 Å². The van der Waals surface area contributed by atoms with Gasteiger partial charge in [0.25, 0.3) is 0 Å². The fourth-order valence-electron chi connectivity index (χ4n) is 2.00. The molecule has 0 unspecified atom stereocenters. The van der Waals surface area contributed by atoms with Gasteiger partial charge in [-0.2, -0.15) is 0 Å². The van der Waals surface area contributed by atoms with E-state index in [2.05, 4.69) is 32.3 Å². The van der Waals surface area contributed by atoms with E-state index in [1.807, 2.05) is 30.5 Å². The van der Waals surface area contributed by atoms with Crippen LogP contribution in [-0.2, 0) is 13.0 Å². The summed E-state index contributed by atoms with van der Waals surface area (Å²) in [4.78, 5) is 4.33. The number of benzene rings is 1. The van der Waals surface area contributed by atoms with Crippen LogP contribution in [0.5, 0.6) is 11.5 Å². The number of ether oxygens (including phenoxy) is 2. The number of nitrogens with zero attached hydrogens (tertiary/aromatic N) is 1. The lowest BCUT2D eigenvalue weighted by Gasteiger charge is -2.10. The van der Waals surface area contributed by atoms with Crippen LogP contribution in [-0.4, -0.2) is 25.7 Å². The molecule has 112 valence electrons. The van der Waals surface area contributed by atoms with Crippen LogP contribution in [0.2, 0.25) is 0 Å². The molecule has 0 atom stereocenters. The predicted molar refractivity (Wildman–Crippen MR) is 86.9 cm³/mol. The van der Waals surface area contributed by atoms with Crippen LogP contribution in [0.15, 0.2) is 41.0 Å². The maximum absolute atomic E-state index is 5.30. The molecule has 0 amide bonds. The molecular formula is C16H19BrN2O2. The molecule has 2 rings (SSSR count). The van der Waals surface area contributed by atoms with Gasteiger partial charge < -0.3 is 14.8 Å².